The molecule has 8 heteroatoms. The van der Waals surface area contributed by atoms with Gasteiger partial charge in [0, 0.05) is 37.8 Å². The van der Waals surface area contributed by atoms with Gasteiger partial charge in [0.05, 0.1) is 30.2 Å². The molecule has 1 N–H and O–H groups in total. The Morgan fingerprint density at radius 3 is 2.74 bits per heavy atom. The lowest BCUT2D eigenvalue weighted by molar-refractivity contribution is 0.102. The van der Waals surface area contributed by atoms with Crippen molar-refractivity contribution in [2.45, 2.75) is 19.8 Å². The topological polar surface area (TPSA) is 85.2 Å². The minimum Gasteiger partial charge on any atom is -0.492 e. The van der Waals surface area contributed by atoms with Crippen LogP contribution in [0.3, 0.4) is 0 Å². The average Bonchev–Trinajstić information content (AvgIpc) is 3.31. The number of rotatable bonds is 5. The van der Waals surface area contributed by atoms with Gasteiger partial charge in [-0.3, -0.25) is 9.48 Å². The van der Waals surface area contributed by atoms with Crippen LogP contribution in [0.15, 0.2) is 30.7 Å². The molecule has 0 atom stereocenters. The zero-order valence-electron chi connectivity index (χ0n) is 15.5. The first-order valence-corrected chi connectivity index (χ1v) is 9.12. The van der Waals surface area contributed by atoms with E-state index in [-0.39, 0.29) is 11.6 Å². The van der Waals surface area contributed by atoms with Gasteiger partial charge in [-0.2, -0.15) is 5.10 Å². The van der Waals surface area contributed by atoms with Gasteiger partial charge in [-0.1, -0.05) is 0 Å². The van der Waals surface area contributed by atoms with Crippen LogP contribution in [0.25, 0.3) is 10.9 Å². The van der Waals surface area contributed by atoms with E-state index in [9.17, 15) is 4.79 Å². The number of ether oxygens (including phenoxy) is 1. The van der Waals surface area contributed by atoms with E-state index in [1.807, 2.05) is 32.3 Å². The molecule has 1 aliphatic heterocycles. The van der Waals surface area contributed by atoms with Crippen molar-refractivity contribution in [3.05, 3.63) is 36.4 Å². The number of carbonyl (C=O) groups is 1. The first-order chi connectivity index (χ1) is 13.1. The smallest absolute Gasteiger partial charge is 0.275 e. The monoisotopic (exact) mass is 366 g/mol. The maximum atomic E-state index is 12.6. The molecule has 8 nitrogen and oxygen atoms in total. The van der Waals surface area contributed by atoms with E-state index in [0.29, 0.717) is 18.0 Å². The normalized spacial score (nSPS) is 13.9. The fraction of sp³-hybridized carbons (Fsp3) is 0.368. The number of amides is 1. The molecule has 0 radical (unpaired) electrons. The van der Waals surface area contributed by atoms with Gasteiger partial charge in [-0.15, -0.1) is 0 Å². The van der Waals surface area contributed by atoms with E-state index in [2.05, 4.69) is 25.3 Å². The number of fused-ring (bicyclic) bond motifs is 1. The molecule has 27 heavy (non-hydrogen) atoms. The third-order valence-electron chi connectivity index (χ3n) is 4.57. The second kappa shape index (κ2) is 7.22. The van der Waals surface area contributed by atoms with E-state index in [1.165, 1.54) is 19.0 Å². The molecule has 1 amide bonds. The quantitative estimate of drug-likeness (QED) is 0.747. The summed E-state index contributed by atoms with van der Waals surface area (Å²) in [7, 11) is 1.86. The van der Waals surface area contributed by atoms with Crippen LogP contribution in [0, 0.1) is 0 Å². The molecule has 140 valence electrons. The Morgan fingerprint density at radius 1 is 1.22 bits per heavy atom. The molecule has 4 rings (SSSR count). The fourth-order valence-corrected chi connectivity index (χ4v) is 3.28. The second-order valence-corrected chi connectivity index (χ2v) is 6.55. The molecule has 1 fully saturated rings. The number of nitrogens with zero attached hydrogens (tertiary/aromatic N) is 5. The van der Waals surface area contributed by atoms with E-state index in [0.717, 1.165) is 29.8 Å². The van der Waals surface area contributed by atoms with Gasteiger partial charge < -0.3 is 15.0 Å². The Labute approximate surface area is 157 Å². The third-order valence-corrected chi connectivity index (χ3v) is 4.57. The summed E-state index contributed by atoms with van der Waals surface area (Å²) in [6.07, 6.45) is 7.41. The third kappa shape index (κ3) is 3.55. The molecule has 1 aromatic carbocycles. The summed E-state index contributed by atoms with van der Waals surface area (Å²) in [5.74, 6) is 1.08. The van der Waals surface area contributed by atoms with Crippen LogP contribution in [0.5, 0.6) is 5.75 Å². The maximum Gasteiger partial charge on any atom is 0.275 e. The number of benzene rings is 1. The van der Waals surface area contributed by atoms with Crippen LogP contribution in [-0.4, -0.2) is 45.4 Å². The Bertz CT molecular complexity index is 960. The summed E-state index contributed by atoms with van der Waals surface area (Å²) >= 11 is 0. The van der Waals surface area contributed by atoms with Crippen molar-refractivity contribution in [3.8, 4) is 5.75 Å². The van der Waals surface area contributed by atoms with Gasteiger partial charge in [0.15, 0.2) is 0 Å². The van der Waals surface area contributed by atoms with E-state index in [4.69, 9.17) is 4.74 Å². The highest BCUT2D eigenvalue weighted by Crippen LogP contribution is 2.30. The van der Waals surface area contributed by atoms with Crippen LogP contribution in [-0.2, 0) is 7.05 Å². The highest BCUT2D eigenvalue weighted by atomic mass is 16.5. The standard InChI is InChI=1S/C19H22N6O2/c1-3-27-17-9-14-13(12-24(2)23-14)8-15(17)22-19(26)16-10-21-18(11-20-16)25-6-4-5-7-25/h8-12H,3-7H2,1-2H3,(H,22,26). The van der Waals surface area contributed by atoms with Crippen LogP contribution in [0.1, 0.15) is 30.3 Å². The lowest BCUT2D eigenvalue weighted by Crippen LogP contribution is -2.20. The molecule has 1 saturated heterocycles. The number of aryl methyl sites for hydroxylation is 1. The number of hydrogen-bond donors (Lipinski definition) is 1. The Hall–Kier alpha value is -3.16. The van der Waals surface area contributed by atoms with Gasteiger partial charge in [-0.05, 0) is 25.8 Å². The number of hydrogen-bond acceptors (Lipinski definition) is 6. The average molecular weight is 366 g/mol. The number of aromatic nitrogens is 4. The van der Waals surface area contributed by atoms with Crippen molar-refractivity contribution in [3.63, 3.8) is 0 Å². The molecular formula is C19H22N6O2. The highest BCUT2D eigenvalue weighted by Gasteiger charge is 2.17. The molecule has 0 saturated carbocycles. The van der Waals surface area contributed by atoms with Gasteiger partial charge in [-0.25, -0.2) is 9.97 Å². The Kier molecular flexibility index (Phi) is 4.62. The summed E-state index contributed by atoms with van der Waals surface area (Å²) in [6.45, 7) is 4.37. The van der Waals surface area contributed by atoms with Crippen LogP contribution < -0.4 is 15.0 Å². The zero-order chi connectivity index (χ0) is 18.8. The van der Waals surface area contributed by atoms with Crippen LogP contribution in [0.4, 0.5) is 11.5 Å². The van der Waals surface area contributed by atoms with E-state index < -0.39 is 0 Å². The highest BCUT2D eigenvalue weighted by molar-refractivity contribution is 6.04. The van der Waals surface area contributed by atoms with Gasteiger partial charge in [0.1, 0.15) is 17.3 Å². The van der Waals surface area contributed by atoms with Crippen molar-refractivity contribution >= 4 is 28.3 Å². The number of carbonyl (C=O) groups excluding carboxylic acids is 1. The lowest BCUT2D eigenvalue weighted by Gasteiger charge is -2.15. The van der Waals surface area contributed by atoms with Crippen LogP contribution >= 0.6 is 0 Å². The van der Waals surface area contributed by atoms with E-state index in [1.54, 1.807) is 10.9 Å². The van der Waals surface area contributed by atoms with Crippen molar-refractivity contribution in [2.24, 2.45) is 7.05 Å². The Balaban J connectivity index is 1.57. The van der Waals surface area contributed by atoms with Gasteiger partial charge in [0.25, 0.3) is 5.91 Å². The van der Waals surface area contributed by atoms with Crippen molar-refractivity contribution < 1.29 is 9.53 Å². The molecule has 0 spiro atoms. The molecule has 1 aliphatic rings. The Morgan fingerprint density at radius 2 is 2.04 bits per heavy atom. The molecule has 3 aromatic rings. The predicted octanol–water partition coefficient (Wildman–Crippen LogP) is 2.61. The minimum atomic E-state index is -0.320. The van der Waals surface area contributed by atoms with Crippen molar-refractivity contribution in [1.82, 2.24) is 19.7 Å². The first-order valence-electron chi connectivity index (χ1n) is 9.12. The minimum absolute atomic E-state index is 0.270. The molecular weight excluding hydrogens is 344 g/mol. The molecule has 0 aliphatic carbocycles. The number of anilines is 2. The predicted molar refractivity (Wildman–Crippen MR) is 103 cm³/mol. The molecule has 2 aromatic heterocycles. The van der Waals surface area contributed by atoms with Crippen molar-refractivity contribution in [2.75, 3.05) is 29.9 Å². The lowest BCUT2D eigenvalue weighted by atomic mass is 10.2. The largest absolute Gasteiger partial charge is 0.492 e. The van der Waals surface area contributed by atoms with E-state index >= 15 is 0 Å². The van der Waals surface area contributed by atoms with Gasteiger partial charge in [0.2, 0.25) is 0 Å². The summed E-state index contributed by atoms with van der Waals surface area (Å²) in [5.41, 5.74) is 1.67. The fourth-order valence-electron chi connectivity index (χ4n) is 3.28. The zero-order valence-corrected chi connectivity index (χ0v) is 15.5. The van der Waals surface area contributed by atoms with Gasteiger partial charge >= 0.3 is 0 Å². The summed E-state index contributed by atoms with van der Waals surface area (Å²) < 4.78 is 7.40. The first kappa shape index (κ1) is 17.3. The second-order valence-electron chi connectivity index (χ2n) is 6.55. The molecule has 0 bridgehead atoms. The summed E-state index contributed by atoms with van der Waals surface area (Å²) in [6, 6.07) is 3.69. The number of nitrogens with one attached hydrogen (secondary N) is 1. The van der Waals surface area contributed by atoms with Crippen LogP contribution in [0.2, 0.25) is 0 Å². The maximum absolute atomic E-state index is 12.6. The summed E-state index contributed by atoms with van der Waals surface area (Å²) in [4.78, 5) is 23.5. The van der Waals surface area contributed by atoms with Crippen molar-refractivity contribution in [1.29, 1.82) is 0 Å². The molecule has 0 unspecified atom stereocenters. The molecule has 3 heterocycles. The SMILES string of the molecule is CCOc1cc2nn(C)cc2cc1NC(=O)c1cnc(N2CCCC2)cn1. The summed E-state index contributed by atoms with van der Waals surface area (Å²) in [5, 5.41) is 8.19.